The van der Waals surface area contributed by atoms with E-state index in [2.05, 4.69) is 38.2 Å². The van der Waals surface area contributed by atoms with E-state index >= 15 is 0 Å². The summed E-state index contributed by atoms with van der Waals surface area (Å²) in [6, 6.07) is 14.8. The molecule has 0 radical (unpaired) electrons. The fourth-order valence-corrected chi connectivity index (χ4v) is 3.68. The minimum Gasteiger partial charge on any atom is -0.311 e. The van der Waals surface area contributed by atoms with E-state index in [1.807, 2.05) is 6.92 Å². The van der Waals surface area contributed by atoms with Crippen LogP contribution in [0.1, 0.15) is 72.7 Å². The Kier molecular flexibility index (Phi) is 9.04. The number of carbonyl (C=O) groups is 4. The van der Waals surface area contributed by atoms with E-state index in [4.69, 9.17) is 0 Å². The summed E-state index contributed by atoms with van der Waals surface area (Å²) < 4.78 is 0. The topological polar surface area (TPSA) is 142 Å². The van der Waals surface area contributed by atoms with Gasteiger partial charge in [0.25, 0.3) is 11.8 Å². The van der Waals surface area contributed by atoms with Crippen molar-refractivity contribution in [2.45, 2.75) is 46.5 Å². The number of carbonyl (C=O) groups excluding carboxylic acids is 4. The summed E-state index contributed by atoms with van der Waals surface area (Å²) in [5.74, 6) is -0.194. The standard InChI is InChI=1S/C27H30N6O4/c1-5-8-16(2)19-13-20(26(36)32-24-11-6-9-22(30-24)28-17(3)34)15-21(14-19)27(37)33-25-12-7-10-23(31-25)29-18(4)35/h6-7,9-16H,5,8H2,1-4H3,(H2,28,30,32,34,36)(H2,29,31,33,35,37). The molecule has 3 rings (SSSR count). The van der Waals surface area contributed by atoms with E-state index in [0.29, 0.717) is 11.6 Å². The first-order valence-corrected chi connectivity index (χ1v) is 11.9. The van der Waals surface area contributed by atoms with Gasteiger partial charge in [-0.25, -0.2) is 9.97 Å². The SMILES string of the molecule is CCCC(C)c1cc(C(=O)Nc2cccc(NC(C)=O)n2)cc(C(=O)Nc2cccc(NC(C)=O)n2)c1. The maximum absolute atomic E-state index is 13.1. The third-order valence-corrected chi connectivity index (χ3v) is 5.36. The second kappa shape index (κ2) is 12.4. The van der Waals surface area contributed by atoms with Crippen LogP contribution < -0.4 is 21.3 Å². The van der Waals surface area contributed by atoms with Crippen molar-refractivity contribution >= 4 is 46.9 Å². The predicted molar refractivity (Wildman–Crippen MR) is 143 cm³/mol. The molecule has 0 spiro atoms. The molecule has 2 heterocycles. The molecule has 3 aromatic rings. The molecular weight excluding hydrogens is 472 g/mol. The summed E-state index contributed by atoms with van der Waals surface area (Å²) in [6.45, 7) is 6.85. The molecule has 0 aliphatic carbocycles. The van der Waals surface area contributed by atoms with Crippen LogP contribution in [0, 0.1) is 0 Å². The van der Waals surface area contributed by atoms with Crippen LogP contribution in [-0.2, 0) is 9.59 Å². The van der Waals surface area contributed by atoms with Gasteiger partial charge in [0.05, 0.1) is 0 Å². The molecule has 2 aromatic heterocycles. The highest BCUT2D eigenvalue weighted by Gasteiger charge is 2.17. The highest BCUT2D eigenvalue weighted by Crippen LogP contribution is 2.24. The smallest absolute Gasteiger partial charge is 0.256 e. The third-order valence-electron chi connectivity index (χ3n) is 5.36. The zero-order valence-electron chi connectivity index (χ0n) is 21.2. The number of pyridine rings is 2. The van der Waals surface area contributed by atoms with Crippen LogP contribution >= 0.6 is 0 Å². The van der Waals surface area contributed by atoms with Crippen molar-refractivity contribution in [2.24, 2.45) is 0 Å². The molecule has 0 saturated carbocycles. The lowest BCUT2D eigenvalue weighted by Crippen LogP contribution is -2.18. The number of anilines is 4. The molecule has 4 N–H and O–H groups in total. The van der Waals surface area contributed by atoms with Crippen molar-refractivity contribution in [1.29, 1.82) is 0 Å². The molecule has 0 aliphatic rings. The lowest BCUT2D eigenvalue weighted by atomic mass is 9.92. The quantitative estimate of drug-likeness (QED) is 0.331. The molecule has 37 heavy (non-hydrogen) atoms. The zero-order valence-corrected chi connectivity index (χ0v) is 21.2. The van der Waals surface area contributed by atoms with Crippen LogP contribution in [0.4, 0.5) is 23.3 Å². The molecule has 1 aromatic carbocycles. The van der Waals surface area contributed by atoms with Crippen LogP contribution in [0.2, 0.25) is 0 Å². The Hall–Kier alpha value is -4.60. The van der Waals surface area contributed by atoms with Gasteiger partial charge in [-0.2, -0.15) is 0 Å². The second-order valence-corrected chi connectivity index (χ2v) is 8.62. The number of nitrogens with one attached hydrogen (secondary N) is 4. The maximum atomic E-state index is 13.1. The van der Waals surface area contributed by atoms with E-state index in [1.54, 1.807) is 48.5 Å². The molecule has 192 valence electrons. The van der Waals surface area contributed by atoms with Crippen LogP contribution in [0.3, 0.4) is 0 Å². The highest BCUT2D eigenvalue weighted by molar-refractivity contribution is 6.08. The minimum atomic E-state index is -0.446. The van der Waals surface area contributed by atoms with Crippen molar-refractivity contribution in [2.75, 3.05) is 21.3 Å². The minimum absolute atomic E-state index is 0.117. The summed E-state index contributed by atoms with van der Waals surface area (Å²) in [5.41, 5.74) is 1.43. The van der Waals surface area contributed by atoms with Crippen molar-refractivity contribution < 1.29 is 19.2 Å². The van der Waals surface area contributed by atoms with Crippen LogP contribution in [0.15, 0.2) is 54.6 Å². The van der Waals surface area contributed by atoms with Gasteiger partial charge in [0.1, 0.15) is 23.3 Å². The molecule has 1 atom stereocenters. The van der Waals surface area contributed by atoms with Crippen molar-refractivity contribution in [1.82, 2.24) is 9.97 Å². The molecule has 1 unspecified atom stereocenters. The summed E-state index contributed by atoms with van der Waals surface area (Å²) in [6.07, 6.45) is 1.83. The average molecular weight is 503 g/mol. The van der Waals surface area contributed by atoms with E-state index in [1.165, 1.54) is 19.9 Å². The van der Waals surface area contributed by atoms with Gasteiger partial charge in [0, 0.05) is 25.0 Å². The lowest BCUT2D eigenvalue weighted by Gasteiger charge is -2.15. The molecule has 0 saturated heterocycles. The second-order valence-electron chi connectivity index (χ2n) is 8.62. The van der Waals surface area contributed by atoms with Crippen LogP contribution in [0.5, 0.6) is 0 Å². The fourth-order valence-electron chi connectivity index (χ4n) is 3.68. The number of nitrogens with zero attached hydrogens (tertiary/aromatic N) is 2. The Morgan fingerprint density at radius 2 is 1.11 bits per heavy atom. The van der Waals surface area contributed by atoms with Gasteiger partial charge in [-0.3, -0.25) is 19.2 Å². The van der Waals surface area contributed by atoms with Gasteiger partial charge >= 0.3 is 0 Å². The first-order chi connectivity index (χ1) is 17.6. The normalized spacial score (nSPS) is 11.2. The number of amides is 4. The van der Waals surface area contributed by atoms with Gasteiger partial charge in [-0.1, -0.05) is 32.4 Å². The van der Waals surface area contributed by atoms with E-state index < -0.39 is 11.8 Å². The van der Waals surface area contributed by atoms with Crippen LogP contribution in [0.25, 0.3) is 0 Å². The van der Waals surface area contributed by atoms with Gasteiger partial charge < -0.3 is 21.3 Å². The van der Waals surface area contributed by atoms with E-state index in [-0.39, 0.29) is 40.5 Å². The van der Waals surface area contributed by atoms with Gasteiger partial charge in [-0.05, 0) is 60.4 Å². The Morgan fingerprint density at radius 3 is 1.49 bits per heavy atom. The number of benzene rings is 1. The molecular formula is C27H30N6O4. The number of aromatic nitrogens is 2. The Balaban J connectivity index is 1.88. The van der Waals surface area contributed by atoms with Gasteiger partial charge in [-0.15, -0.1) is 0 Å². The number of rotatable bonds is 9. The first kappa shape index (κ1) is 27.0. The van der Waals surface area contributed by atoms with Crippen molar-refractivity contribution in [3.8, 4) is 0 Å². The summed E-state index contributed by atoms with van der Waals surface area (Å²) >= 11 is 0. The van der Waals surface area contributed by atoms with E-state index in [9.17, 15) is 19.2 Å². The van der Waals surface area contributed by atoms with E-state index in [0.717, 1.165) is 18.4 Å². The highest BCUT2D eigenvalue weighted by atomic mass is 16.2. The zero-order chi connectivity index (χ0) is 26.9. The monoisotopic (exact) mass is 502 g/mol. The van der Waals surface area contributed by atoms with Gasteiger partial charge in [0.15, 0.2) is 0 Å². The molecule has 10 nitrogen and oxygen atoms in total. The van der Waals surface area contributed by atoms with Crippen molar-refractivity contribution in [3.63, 3.8) is 0 Å². The number of hydrogen-bond acceptors (Lipinski definition) is 6. The summed E-state index contributed by atoms with van der Waals surface area (Å²) in [7, 11) is 0. The fraction of sp³-hybridized carbons (Fsp3) is 0.259. The Morgan fingerprint density at radius 1 is 0.703 bits per heavy atom. The summed E-state index contributed by atoms with van der Waals surface area (Å²) in [5, 5.41) is 10.6. The van der Waals surface area contributed by atoms with Crippen molar-refractivity contribution in [3.05, 3.63) is 71.3 Å². The molecule has 0 fully saturated rings. The Bertz CT molecular complexity index is 1230. The predicted octanol–water partition coefficient (Wildman–Crippen LogP) is 4.80. The molecule has 4 amide bonds. The largest absolute Gasteiger partial charge is 0.311 e. The first-order valence-electron chi connectivity index (χ1n) is 11.9. The average Bonchev–Trinajstić information content (AvgIpc) is 2.83. The molecule has 0 aliphatic heterocycles. The maximum Gasteiger partial charge on any atom is 0.256 e. The summed E-state index contributed by atoms with van der Waals surface area (Å²) in [4.78, 5) is 57.4. The molecule has 0 bridgehead atoms. The third kappa shape index (κ3) is 7.96. The molecule has 10 heteroatoms. The van der Waals surface area contributed by atoms with Gasteiger partial charge in [0.2, 0.25) is 11.8 Å². The number of hydrogen-bond donors (Lipinski definition) is 4. The lowest BCUT2D eigenvalue weighted by molar-refractivity contribution is -0.115. The van der Waals surface area contributed by atoms with Crippen LogP contribution in [-0.4, -0.2) is 33.6 Å². The Labute approximate surface area is 215 Å².